The number of H-pyrrole nitrogens is 2. The van der Waals surface area contributed by atoms with Crippen LogP contribution in [-0.4, -0.2) is 68.2 Å². The number of aromatic nitrogens is 4. The van der Waals surface area contributed by atoms with Gasteiger partial charge in [-0.15, -0.1) is 0 Å². The highest BCUT2D eigenvalue weighted by atomic mass is 16.2. The fraction of sp³-hybridized carbons (Fsp3) is 0.317. The number of hydrogen-bond acceptors (Lipinski definition) is 6. The Morgan fingerprint density at radius 1 is 0.863 bits per heavy atom. The molecule has 51 heavy (non-hydrogen) atoms. The molecule has 0 bridgehead atoms. The summed E-state index contributed by atoms with van der Waals surface area (Å²) in [6.07, 6.45) is 5.42. The molecule has 262 valence electrons. The molecule has 0 saturated carbocycles. The van der Waals surface area contributed by atoms with Gasteiger partial charge in [0.2, 0.25) is 11.8 Å². The van der Waals surface area contributed by atoms with E-state index in [2.05, 4.69) is 37.1 Å². The van der Waals surface area contributed by atoms with Gasteiger partial charge in [-0.3, -0.25) is 14.5 Å². The van der Waals surface area contributed by atoms with Crippen LogP contribution in [0.5, 0.6) is 0 Å². The van der Waals surface area contributed by atoms with E-state index in [1.54, 1.807) is 6.20 Å². The Balaban J connectivity index is 1.06. The van der Waals surface area contributed by atoms with Crippen molar-refractivity contribution in [2.75, 3.05) is 20.6 Å². The van der Waals surface area contributed by atoms with Crippen LogP contribution in [0.2, 0.25) is 0 Å². The molecule has 1 aliphatic rings. The summed E-state index contributed by atoms with van der Waals surface area (Å²) in [7, 11) is 3.80. The number of hydrogen-bond donors (Lipinski definition) is 4. The van der Waals surface area contributed by atoms with Gasteiger partial charge in [0.05, 0.1) is 41.9 Å². The Morgan fingerprint density at radius 3 is 2.04 bits per heavy atom. The number of amides is 2. The number of nitrogens with zero attached hydrogens (tertiary/aromatic N) is 4. The van der Waals surface area contributed by atoms with Gasteiger partial charge < -0.3 is 25.9 Å². The Morgan fingerprint density at radius 2 is 1.45 bits per heavy atom. The van der Waals surface area contributed by atoms with Gasteiger partial charge in [-0.05, 0) is 80.7 Å². The molecule has 10 nitrogen and oxygen atoms in total. The van der Waals surface area contributed by atoms with Crippen LogP contribution in [-0.2, 0) is 9.59 Å². The third kappa shape index (κ3) is 8.12. The van der Waals surface area contributed by atoms with Gasteiger partial charge in [-0.1, -0.05) is 80.3 Å². The summed E-state index contributed by atoms with van der Waals surface area (Å²) in [5, 5.41) is 3.10. The summed E-state index contributed by atoms with van der Waals surface area (Å²) >= 11 is 0. The van der Waals surface area contributed by atoms with E-state index in [1.165, 1.54) is 0 Å². The van der Waals surface area contributed by atoms with Crippen LogP contribution in [0, 0.1) is 17.8 Å². The van der Waals surface area contributed by atoms with Gasteiger partial charge in [-0.2, -0.15) is 0 Å². The normalized spacial score (nSPS) is 16.1. The number of benzene rings is 3. The summed E-state index contributed by atoms with van der Waals surface area (Å²) in [6, 6.07) is 24.5. The van der Waals surface area contributed by atoms with Crippen LogP contribution in [0.1, 0.15) is 80.1 Å². The van der Waals surface area contributed by atoms with Gasteiger partial charge in [0.25, 0.3) is 0 Å². The van der Waals surface area contributed by atoms with Crippen molar-refractivity contribution in [2.45, 2.75) is 57.8 Å². The molecule has 2 aromatic heterocycles. The van der Waals surface area contributed by atoms with Gasteiger partial charge in [0.15, 0.2) is 0 Å². The fourth-order valence-electron chi connectivity index (χ4n) is 6.44. The topological polar surface area (TPSA) is 136 Å². The molecule has 5 N–H and O–H groups in total. The highest BCUT2D eigenvalue weighted by Crippen LogP contribution is 2.32. The van der Waals surface area contributed by atoms with Gasteiger partial charge in [0.1, 0.15) is 17.7 Å². The number of likely N-dealkylation sites (N-methyl/N-ethyl adjacent to an activating group) is 1. The van der Waals surface area contributed by atoms with Crippen molar-refractivity contribution >= 4 is 11.8 Å². The lowest BCUT2D eigenvalue weighted by atomic mass is 10.0. The number of rotatable bonds is 10. The molecule has 3 heterocycles. The predicted octanol–water partition coefficient (Wildman–Crippen LogP) is 5.99. The Bertz CT molecular complexity index is 2000. The number of carbonyl (C=O) groups excluding carboxylic acids is 2. The Kier molecular flexibility index (Phi) is 10.8. The summed E-state index contributed by atoms with van der Waals surface area (Å²) in [5.41, 5.74) is 12.7. The van der Waals surface area contributed by atoms with Crippen LogP contribution < -0.4 is 11.1 Å². The smallest absolute Gasteiger partial charge is 0.242 e. The van der Waals surface area contributed by atoms with E-state index < -0.39 is 12.1 Å². The summed E-state index contributed by atoms with van der Waals surface area (Å²) in [6.45, 7) is 6.57. The fourth-order valence-corrected chi connectivity index (χ4v) is 6.44. The van der Waals surface area contributed by atoms with Crippen LogP contribution >= 0.6 is 0 Å². The number of nitrogens with two attached hydrogens (primary N) is 1. The van der Waals surface area contributed by atoms with Crippen molar-refractivity contribution in [3.8, 4) is 34.4 Å². The minimum absolute atomic E-state index is 0.0105. The zero-order valence-electron chi connectivity index (χ0n) is 29.9. The third-order valence-corrected chi connectivity index (χ3v) is 9.44. The number of aromatic amines is 2. The lowest BCUT2D eigenvalue weighted by Crippen LogP contribution is -2.46. The van der Waals surface area contributed by atoms with Gasteiger partial charge in [-0.25, -0.2) is 9.97 Å². The molecular weight excluding hydrogens is 637 g/mol. The standard InChI is InChI=1S/C41H46N8O2/c1-26(2)36(42)41(51)49-23-9-12-35(49)39-44-25-34(47-39)31-21-17-29(18-22-31)14-13-28-15-19-30(20-16-28)33-24-43-38(46-33)27(3)45-40(50)37(48(4)5)32-10-7-6-8-11-32/h6-8,10-11,15-22,24-27,35-37H,9,12,23,42H2,1-5H3,(H,43,46)(H,44,47)(H,45,50)/t27-,35-,36-,37+/m0/s1. The second-order valence-electron chi connectivity index (χ2n) is 13.7. The lowest BCUT2D eigenvalue weighted by Gasteiger charge is -2.27. The van der Waals surface area contributed by atoms with E-state index in [4.69, 9.17) is 5.73 Å². The van der Waals surface area contributed by atoms with Gasteiger partial charge in [0, 0.05) is 17.7 Å². The number of nitrogens with one attached hydrogen (secondary N) is 3. The molecule has 0 aliphatic carbocycles. The molecule has 4 atom stereocenters. The molecular formula is C41H46N8O2. The first kappa shape index (κ1) is 35.3. The largest absolute Gasteiger partial charge is 0.345 e. The molecule has 0 spiro atoms. The van der Waals surface area contributed by atoms with Crippen molar-refractivity contribution in [1.29, 1.82) is 0 Å². The molecule has 0 radical (unpaired) electrons. The second-order valence-corrected chi connectivity index (χ2v) is 13.7. The summed E-state index contributed by atoms with van der Waals surface area (Å²) in [4.78, 5) is 46.0. The molecule has 3 aromatic carbocycles. The maximum Gasteiger partial charge on any atom is 0.242 e. The van der Waals surface area contributed by atoms with Crippen molar-refractivity contribution in [3.05, 3.63) is 120 Å². The minimum atomic E-state index is -0.505. The number of imidazole rings is 2. The van der Waals surface area contributed by atoms with Crippen molar-refractivity contribution in [1.82, 2.24) is 35.1 Å². The first-order chi connectivity index (χ1) is 24.6. The first-order valence-electron chi connectivity index (χ1n) is 17.5. The number of carbonyl (C=O) groups is 2. The Hall–Kier alpha value is -5.50. The van der Waals surface area contributed by atoms with E-state index in [0.29, 0.717) is 12.4 Å². The average molecular weight is 683 g/mol. The highest BCUT2D eigenvalue weighted by molar-refractivity contribution is 5.83. The predicted molar refractivity (Wildman–Crippen MR) is 200 cm³/mol. The highest BCUT2D eigenvalue weighted by Gasteiger charge is 2.35. The first-order valence-corrected chi connectivity index (χ1v) is 17.5. The molecule has 2 amide bonds. The zero-order valence-corrected chi connectivity index (χ0v) is 29.9. The van der Waals surface area contributed by atoms with Crippen LogP contribution in [0.15, 0.2) is 91.3 Å². The van der Waals surface area contributed by atoms with Crippen LogP contribution in [0.25, 0.3) is 22.5 Å². The van der Waals surface area contributed by atoms with Gasteiger partial charge >= 0.3 is 0 Å². The monoisotopic (exact) mass is 682 g/mol. The SMILES string of the molecule is CC(C)[C@H](N)C(=O)N1CCC[C@H]1c1ncc(-c2ccc(C#Cc3ccc(-c4cnc([C@H](C)NC(=O)[C@@H](c5ccccc5)N(C)C)[nH]4)cc3)cc2)[nH]1. The molecule has 6 rings (SSSR count). The van der Waals surface area contributed by atoms with Crippen LogP contribution in [0.4, 0.5) is 0 Å². The minimum Gasteiger partial charge on any atom is -0.345 e. The molecule has 1 fully saturated rings. The van der Waals surface area contributed by atoms with E-state index in [-0.39, 0.29) is 29.8 Å². The summed E-state index contributed by atoms with van der Waals surface area (Å²) in [5.74, 6) is 7.98. The van der Waals surface area contributed by atoms with E-state index >= 15 is 0 Å². The van der Waals surface area contributed by atoms with Crippen LogP contribution in [0.3, 0.4) is 0 Å². The summed E-state index contributed by atoms with van der Waals surface area (Å²) < 4.78 is 0. The van der Waals surface area contributed by atoms with Crippen molar-refractivity contribution in [2.24, 2.45) is 11.7 Å². The maximum absolute atomic E-state index is 13.2. The second kappa shape index (κ2) is 15.6. The molecule has 1 saturated heterocycles. The van der Waals surface area contributed by atoms with Crippen molar-refractivity contribution < 1.29 is 9.59 Å². The lowest BCUT2D eigenvalue weighted by molar-refractivity contribution is -0.134. The van der Waals surface area contributed by atoms with E-state index in [9.17, 15) is 9.59 Å². The number of likely N-dealkylation sites (tertiary alicyclic amines) is 1. The third-order valence-electron chi connectivity index (χ3n) is 9.44. The van der Waals surface area contributed by atoms with Crippen molar-refractivity contribution in [3.63, 3.8) is 0 Å². The molecule has 1 aliphatic heterocycles. The van der Waals surface area contributed by atoms with E-state index in [1.807, 2.05) is 130 Å². The Labute approximate surface area is 299 Å². The quantitative estimate of drug-likeness (QED) is 0.134. The molecule has 5 aromatic rings. The molecule has 10 heteroatoms. The zero-order chi connectivity index (χ0) is 36.1. The molecule has 0 unspecified atom stereocenters. The average Bonchev–Trinajstić information content (AvgIpc) is 3.93. The maximum atomic E-state index is 13.2. The van der Waals surface area contributed by atoms with E-state index in [0.717, 1.165) is 57.9 Å².